The average molecular weight is 301 g/mol. The first-order valence-electron chi connectivity index (χ1n) is 6.30. The van der Waals surface area contributed by atoms with Gasteiger partial charge in [0.2, 0.25) is 0 Å². The molecule has 0 amide bonds. The van der Waals surface area contributed by atoms with Crippen molar-refractivity contribution in [1.82, 2.24) is 0 Å². The molecule has 0 bridgehead atoms. The van der Waals surface area contributed by atoms with Gasteiger partial charge in [0.1, 0.15) is 5.57 Å². The Balaban J connectivity index is 2.49. The van der Waals surface area contributed by atoms with E-state index in [1.165, 1.54) is 48.5 Å². The molecule has 0 atom stereocenters. The van der Waals surface area contributed by atoms with Gasteiger partial charge < -0.3 is 0 Å². The van der Waals surface area contributed by atoms with Gasteiger partial charge in [0, 0.05) is 5.56 Å². The van der Waals surface area contributed by atoms with E-state index in [1.54, 1.807) is 6.07 Å². The number of carbonyl (C=O) groups is 1. The largest absolute Gasteiger partial charge is 0.420 e. The molecule has 0 aromatic heterocycles. The van der Waals surface area contributed by atoms with Crippen molar-refractivity contribution >= 4 is 11.9 Å². The van der Waals surface area contributed by atoms with Gasteiger partial charge in [-0.25, -0.2) is 0 Å². The fraction of sp³-hybridized carbons (Fsp3) is 0.0588. The Labute approximate surface area is 125 Å². The topological polar surface area (TPSA) is 40.9 Å². The monoisotopic (exact) mass is 301 g/mol. The summed E-state index contributed by atoms with van der Waals surface area (Å²) in [7, 11) is 0. The Morgan fingerprint density at radius 1 is 1.05 bits per heavy atom. The summed E-state index contributed by atoms with van der Waals surface area (Å²) in [6, 6.07) is 14.8. The van der Waals surface area contributed by atoms with Crippen molar-refractivity contribution in [1.29, 1.82) is 5.26 Å². The molecule has 5 heteroatoms. The summed E-state index contributed by atoms with van der Waals surface area (Å²) < 4.78 is 39.5. The lowest BCUT2D eigenvalue weighted by Gasteiger charge is -2.11. The van der Waals surface area contributed by atoms with E-state index in [0.717, 1.165) is 6.08 Å². The lowest BCUT2D eigenvalue weighted by molar-refractivity contribution is -0.0878. The maximum Gasteiger partial charge on any atom is 0.420 e. The Hall–Kier alpha value is -2.87. The second-order valence-corrected chi connectivity index (χ2v) is 4.49. The number of rotatable bonds is 3. The predicted octanol–water partition coefficient (Wildman–Crippen LogP) is 4.39. The van der Waals surface area contributed by atoms with Gasteiger partial charge in [-0.15, -0.1) is 0 Å². The van der Waals surface area contributed by atoms with E-state index in [4.69, 9.17) is 5.26 Å². The standard InChI is InChI=1S/C17H10F3NO/c18-17(19,20)15(16(22)14-7-2-1-3-8-14)10-12-5-4-6-13(9-12)11-21/h1-10H. The molecule has 0 aliphatic heterocycles. The number of hydrogen-bond donors (Lipinski definition) is 0. The minimum Gasteiger partial charge on any atom is -0.289 e. The summed E-state index contributed by atoms with van der Waals surface area (Å²) in [5.41, 5.74) is -0.936. The summed E-state index contributed by atoms with van der Waals surface area (Å²) >= 11 is 0. The zero-order chi connectivity index (χ0) is 16.2. The van der Waals surface area contributed by atoms with Crippen LogP contribution in [0, 0.1) is 11.3 Å². The van der Waals surface area contributed by atoms with Crippen molar-refractivity contribution in [3.63, 3.8) is 0 Å². The van der Waals surface area contributed by atoms with Crippen LogP contribution in [0.5, 0.6) is 0 Å². The van der Waals surface area contributed by atoms with Gasteiger partial charge in [0.05, 0.1) is 11.6 Å². The fourth-order valence-corrected chi connectivity index (χ4v) is 1.89. The van der Waals surface area contributed by atoms with Crippen LogP contribution in [-0.4, -0.2) is 12.0 Å². The number of nitrogens with zero attached hydrogens (tertiary/aromatic N) is 1. The number of allylic oxidation sites excluding steroid dienone is 1. The predicted molar refractivity (Wildman–Crippen MR) is 76.0 cm³/mol. The molecular formula is C17H10F3NO. The molecule has 2 nitrogen and oxygen atoms in total. The van der Waals surface area contributed by atoms with Gasteiger partial charge in [-0.3, -0.25) is 4.79 Å². The van der Waals surface area contributed by atoms with Gasteiger partial charge in [-0.2, -0.15) is 18.4 Å². The third kappa shape index (κ3) is 3.61. The van der Waals surface area contributed by atoms with Crippen LogP contribution in [-0.2, 0) is 0 Å². The quantitative estimate of drug-likeness (QED) is 0.623. The molecule has 0 fully saturated rings. The van der Waals surface area contributed by atoms with E-state index < -0.39 is 17.5 Å². The fourth-order valence-electron chi connectivity index (χ4n) is 1.89. The Bertz CT molecular complexity index is 755. The molecule has 2 aromatic carbocycles. The van der Waals surface area contributed by atoms with Gasteiger partial charge >= 0.3 is 6.18 Å². The Kier molecular flexibility index (Phi) is 4.42. The molecule has 0 unspecified atom stereocenters. The van der Waals surface area contributed by atoms with Crippen molar-refractivity contribution in [2.24, 2.45) is 0 Å². The van der Waals surface area contributed by atoms with Crippen LogP contribution in [0.4, 0.5) is 13.2 Å². The van der Waals surface area contributed by atoms with Crippen LogP contribution >= 0.6 is 0 Å². The number of nitriles is 1. The minimum absolute atomic E-state index is 0.0393. The molecule has 0 saturated heterocycles. The highest BCUT2D eigenvalue weighted by atomic mass is 19.4. The number of Topliss-reactive ketones (excluding diaryl/α,β-unsaturated/α-hetero) is 1. The molecule has 0 N–H and O–H groups in total. The second-order valence-electron chi connectivity index (χ2n) is 4.49. The Morgan fingerprint density at radius 3 is 2.32 bits per heavy atom. The summed E-state index contributed by atoms with van der Waals surface area (Å²) in [5.74, 6) is -1.10. The van der Waals surface area contributed by atoms with Crippen LogP contribution in [0.2, 0.25) is 0 Å². The lowest BCUT2D eigenvalue weighted by atomic mass is 10.00. The van der Waals surface area contributed by atoms with E-state index >= 15 is 0 Å². The van der Waals surface area contributed by atoms with E-state index in [2.05, 4.69) is 0 Å². The van der Waals surface area contributed by atoms with Crippen LogP contribution in [0.25, 0.3) is 6.08 Å². The number of hydrogen-bond acceptors (Lipinski definition) is 2. The van der Waals surface area contributed by atoms with Gasteiger partial charge in [0.15, 0.2) is 5.78 Å². The molecule has 2 aromatic rings. The molecule has 2 rings (SSSR count). The summed E-state index contributed by atoms with van der Waals surface area (Å²) in [6.45, 7) is 0. The molecule has 22 heavy (non-hydrogen) atoms. The number of ketones is 1. The van der Waals surface area contributed by atoms with E-state index in [1.807, 2.05) is 6.07 Å². The highest BCUT2D eigenvalue weighted by Gasteiger charge is 2.38. The van der Waals surface area contributed by atoms with E-state index in [9.17, 15) is 18.0 Å². The molecule has 0 aliphatic rings. The van der Waals surface area contributed by atoms with Crippen molar-refractivity contribution < 1.29 is 18.0 Å². The third-order valence-corrected chi connectivity index (χ3v) is 2.91. The number of halogens is 3. The first-order valence-corrected chi connectivity index (χ1v) is 6.30. The molecule has 0 heterocycles. The third-order valence-electron chi connectivity index (χ3n) is 2.91. The van der Waals surface area contributed by atoms with Crippen LogP contribution in [0.3, 0.4) is 0 Å². The van der Waals surface area contributed by atoms with Crippen molar-refractivity contribution in [2.75, 3.05) is 0 Å². The normalized spacial score (nSPS) is 11.8. The zero-order valence-corrected chi connectivity index (χ0v) is 11.3. The SMILES string of the molecule is N#Cc1cccc(C=C(C(=O)c2ccccc2)C(F)(F)F)c1. The molecule has 0 saturated carbocycles. The lowest BCUT2D eigenvalue weighted by Crippen LogP contribution is -2.20. The first-order chi connectivity index (χ1) is 10.4. The van der Waals surface area contributed by atoms with Crippen LogP contribution in [0.1, 0.15) is 21.5 Å². The summed E-state index contributed by atoms with van der Waals surface area (Å²) in [4.78, 5) is 12.1. The summed E-state index contributed by atoms with van der Waals surface area (Å²) in [5, 5.41) is 8.78. The number of alkyl halides is 3. The van der Waals surface area contributed by atoms with Crippen LogP contribution < -0.4 is 0 Å². The van der Waals surface area contributed by atoms with E-state index in [-0.39, 0.29) is 16.7 Å². The van der Waals surface area contributed by atoms with Crippen molar-refractivity contribution in [3.05, 3.63) is 76.9 Å². The molecule has 0 aliphatic carbocycles. The summed E-state index contributed by atoms with van der Waals surface area (Å²) in [6.07, 6.45) is -4.02. The van der Waals surface area contributed by atoms with Gasteiger partial charge in [0.25, 0.3) is 0 Å². The van der Waals surface area contributed by atoms with Crippen molar-refractivity contribution in [3.8, 4) is 6.07 Å². The highest BCUT2D eigenvalue weighted by Crippen LogP contribution is 2.30. The van der Waals surface area contributed by atoms with Crippen molar-refractivity contribution in [2.45, 2.75) is 6.18 Å². The highest BCUT2D eigenvalue weighted by molar-refractivity contribution is 6.12. The molecular weight excluding hydrogens is 291 g/mol. The Morgan fingerprint density at radius 2 is 1.73 bits per heavy atom. The smallest absolute Gasteiger partial charge is 0.289 e. The molecule has 0 radical (unpaired) electrons. The van der Waals surface area contributed by atoms with E-state index in [0.29, 0.717) is 0 Å². The minimum atomic E-state index is -4.78. The zero-order valence-electron chi connectivity index (χ0n) is 11.3. The number of carbonyl (C=O) groups excluding carboxylic acids is 1. The van der Waals surface area contributed by atoms with Crippen LogP contribution in [0.15, 0.2) is 60.2 Å². The second kappa shape index (κ2) is 6.27. The maximum absolute atomic E-state index is 13.2. The molecule has 0 spiro atoms. The van der Waals surface area contributed by atoms with Gasteiger partial charge in [-0.05, 0) is 23.8 Å². The average Bonchev–Trinajstić information content (AvgIpc) is 2.52. The van der Waals surface area contributed by atoms with Gasteiger partial charge in [-0.1, -0.05) is 42.5 Å². The number of benzene rings is 2. The maximum atomic E-state index is 13.2. The first kappa shape index (κ1) is 15.5. The molecule has 110 valence electrons.